The molecule has 0 spiro atoms. The second-order valence-electron chi connectivity index (χ2n) is 12.4. The molecule has 3 fully saturated rings. The largest absolute Gasteiger partial charge is 0.462 e. The standard InChI is InChI=1S/C35H38F2N6O2/c1-5-8-28-30-33(31(37)32(39-28)26-10-7-9-20-11-14-27(36)25(6-2)29(20)26)40-35(45-19-23-15-24(44-4)18-42(23)3)41-34(30)43-16-21-12-13-22(17-43)38-21/h7,9-11,14,21-24,38H,6,12-13,15-19H2,1-4H3/t21-,22+,23-,24+/m0/s1. The van der Waals surface area contributed by atoms with Crippen LogP contribution in [0.15, 0.2) is 30.3 Å². The highest BCUT2D eigenvalue weighted by Gasteiger charge is 2.35. The van der Waals surface area contributed by atoms with Gasteiger partial charge in [-0.2, -0.15) is 9.97 Å². The number of nitrogens with one attached hydrogen (secondary N) is 1. The number of methoxy groups -OCH3 is 1. The highest BCUT2D eigenvalue weighted by Crippen LogP contribution is 2.39. The Kier molecular flexibility index (Phi) is 8.02. The number of benzene rings is 2. The van der Waals surface area contributed by atoms with Gasteiger partial charge in [0.15, 0.2) is 5.82 Å². The lowest BCUT2D eigenvalue weighted by molar-refractivity contribution is 0.111. The van der Waals surface area contributed by atoms with Gasteiger partial charge in [-0.05, 0) is 68.0 Å². The molecule has 234 valence electrons. The molecule has 10 heteroatoms. The zero-order valence-electron chi connectivity index (χ0n) is 26.2. The number of aryl methyl sites for hydroxylation is 1. The van der Waals surface area contributed by atoms with Gasteiger partial charge in [0.1, 0.15) is 35.1 Å². The Balaban J connectivity index is 1.42. The Labute approximate surface area is 262 Å². The Morgan fingerprint density at radius 3 is 2.53 bits per heavy atom. The molecule has 2 bridgehead atoms. The Bertz CT molecular complexity index is 1830. The van der Waals surface area contributed by atoms with Gasteiger partial charge >= 0.3 is 6.01 Å². The van der Waals surface area contributed by atoms with Gasteiger partial charge in [0.25, 0.3) is 0 Å². The number of piperazine rings is 1. The second kappa shape index (κ2) is 12.1. The van der Waals surface area contributed by atoms with Gasteiger partial charge in [0, 0.05) is 50.4 Å². The molecule has 0 amide bonds. The average molecular weight is 613 g/mol. The zero-order valence-corrected chi connectivity index (χ0v) is 26.2. The van der Waals surface area contributed by atoms with Crippen molar-refractivity contribution in [3.05, 3.63) is 53.2 Å². The smallest absolute Gasteiger partial charge is 0.319 e. The van der Waals surface area contributed by atoms with Gasteiger partial charge in [-0.1, -0.05) is 37.1 Å². The number of rotatable bonds is 7. The van der Waals surface area contributed by atoms with Crippen molar-refractivity contribution in [2.75, 3.05) is 45.3 Å². The van der Waals surface area contributed by atoms with Gasteiger partial charge in [0.05, 0.1) is 11.5 Å². The van der Waals surface area contributed by atoms with Crippen LogP contribution in [0.1, 0.15) is 44.4 Å². The molecular weight excluding hydrogens is 574 g/mol. The van der Waals surface area contributed by atoms with E-state index in [2.05, 4.69) is 27.0 Å². The molecule has 0 radical (unpaired) electrons. The summed E-state index contributed by atoms with van der Waals surface area (Å²) in [5.41, 5.74) is 1.60. The van der Waals surface area contributed by atoms with E-state index < -0.39 is 5.82 Å². The quantitative estimate of drug-likeness (QED) is 0.289. The maximum atomic E-state index is 17.0. The SMILES string of the molecule is CC#Cc1nc(-c2cccc3ccc(F)c(CC)c23)c(F)c2nc(OC[C@@H]3C[C@@H](OC)CN3C)nc(N3C[C@H]4CC[C@@H](C3)N4)c12. The predicted molar refractivity (Wildman–Crippen MR) is 172 cm³/mol. The summed E-state index contributed by atoms with van der Waals surface area (Å²) in [6.45, 7) is 6.24. The summed E-state index contributed by atoms with van der Waals surface area (Å²) in [7, 11) is 3.77. The summed E-state index contributed by atoms with van der Waals surface area (Å²) in [6.07, 6.45) is 3.57. The van der Waals surface area contributed by atoms with E-state index in [1.54, 1.807) is 26.2 Å². The molecule has 3 saturated heterocycles. The maximum absolute atomic E-state index is 17.0. The maximum Gasteiger partial charge on any atom is 0.319 e. The van der Waals surface area contributed by atoms with E-state index in [1.807, 2.05) is 26.1 Å². The minimum Gasteiger partial charge on any atom is -0.462 e. The predicted octanol–water partition coefficient (Wildman–Crippen LogP) is 5.10. The molecular formula is C35H38F2N6O2. The van der Waals surface area contributed by atoms with Crippen LogP contribution in [0.2, 0.25) is 0 Å². The van der Waals surface area contributed by atoms with Crippen LogP contribution >= 0.6 is 0 Å². The highest BCUT2D eigenvalue weighted by atomic mass is 19.1. The number of halogens is 2. The fourth-order valence-corrected chi connectivity index (χ4v) is 7.32. The van der Waals surface area contributed by atoms with E-state index in [1.165, 1.54) is 6.07 Å². The molecule has 2 aromatic carbocycles. The summed E-state index contributed by atoms with van der Waals surface area (Å²) >= 11 is 0. The normalized spacial score (nSPS) is 23.1. The van der Waals surface area contributed by atoms with Crippen molar-refractivity contribution in [1.82, 2.24) is 25.2 Å². The Hall–Kier alpha value is -3.91. The number of hydrogen-bond acceptors (Lipinski definition) is 8. The van der Waals surface area contributed by atoms with Crippen LogP contribution in [-0.2, 0) is 11.2 Å². The molecule has 3 aliphatic rings. The average Bonchev–Trinajstić information content (AvgIpc) is 3.59. The van der Waals surface area contributed by atoms with Gasteiger partial charge in [0.2, 0.25) is 0 Å². The van der Waals surface area contributed by atoms with E-state index in [0.29, 0.717) is 58.5 Å². The number of hydrogen-bond donors (Lipinski definition) is 1. The molecule has 7 rings (SSSR count). The molecule has 0 aliphatic carbocycles. The van der Waals surface area contributed by atoms with Gasteiger partial charge < -0.3 is 19.7 Å². The number of likely N-dealkylation sites (tertiary alicyclic amines) is 1. The fraction of sp³-hybridized carbons (Fsp3) is 0.457. The van der Waals surface area contributed by atoms with E-state index in [4.69, 9.17) is 24.4 Å². The lowest BCUT2D eigenvalue weighted by Crippen LogP contribution is -2.51. The van der Waals surface area contributed by atoms with Crippen LogP contribution in [0.3, 0.4) is 0 Å². The summed E-state index contributed by atoms with van der Waals surface area (Å²) in [6, 6.07) is 9.60. The minimum absolute atomic E-state index is 0.0839. The first-order chi connectivity index (χ1) is 21.9. The number of fused-ring (bicyclic) bond motifs is 4. The van der Waals surface area contributed by atoms with E-state index in [-0.39, 0.29) is 35.2 Å². The minimum atomic E-state index is -0.602. The molecule has 4 atom stereocenters. The summed E-state index contributed by atoms with van der Waals surface area (Å²) < 4.78 is 43.9. The lowest BCUT2D eigenvalue weighted by Gasteiger charge is -2.34. The number of pyridine rings is 1. The van der Waals surface area contributed by atoms with Gasteiger partial charge in [-0.15, -0.1) is 0 Å². The lowest BCUT2D eigenvalue weighted by atomic mass is 9.94. The molecule has 2 aromatic heterocycles. The van der Waals surface area contributed by atoms with Crippen molar-refractivity contribution in [2.24, 2.45) is 0 Å². The van der Waals surface area contributed by atoms with Crippen LogP contribution < -0.4 is 15.0 Å². The van der Waals surface area contributed by atoms with Crippen molar-refractivity contribution in [3.63, 3.8) is 0 Å². The molecule has 45 heavy (non-hydrogen) atoms. The zero-order chi connectivity index (χ0) is 31.2. The molecule has 3 aliphatic heterocycles. The number of anilines is 1. The monoisotopic (exact) mass is 612 g/mol. The van der Waals surface area contributed by atoms with Crippen molar-refractivity contribution < 1.29 is 18.3 Å². The molecule has 1 N–H and O–H groups in total. The molecule has 5 heterocycles. The first-order valence-corrected chi connectivity index (χ1v) is 15.8. The third-order valence-corrected chi connectivity index (χ3v) is 9.60. The van der Waals surface area contributed by atoms with E-state index in [0.717, 1.165) is 44.3 Å². The second-order valence-corrected chi connectivity index (χ2v) is 12.4. The number of likely N-dealkylation sites (N-methyl/N-ethyl adjacent to an activating group) is 1. The summed E-state index contributed by atoms with van der Waals surface area (Å²) in [4.78, 5) is 18.8. The molecule has 0 unspecified atom stereocenters. The molecule has 0 saturated carbocycles. The third-order valence-electron chi connectivity index (χ3n) is 9.60. The summed E-state index contributed by atoms with van der Waals surface area (Å²) in [5.74, 6) is 5.74. The van der Waals surface area contributed by atoms with Crippen molar-refractivity contribution in [2.45, 2.75) is 63.8 Å². The molecule has 8 nitrogen and oxygen atoms in total. The Morgan fingerprint density at radius 1 is 1.02 bits per heavy atom. The number of ether oxygens (including phenoxy) is 2. The van der Waals surface area contributed by atoms with Gasteiger partial charge in [-0.3, -0.25) is 4.90 Å². The first-order valence-electron chi connectivity index (χ1n) is 15.8. The number of nitrogens with zero attached hydrogens (tertiary/aromatic N) is 5. The van der Waals surface area contributed by atoms with Crippen molar-refractivity contribution in [3.8, 4) is 29.1 Å². The Morgan fingerprint density at radius 2 is 1.82 bits per heavy atom. The van der Waals surface area contributed by atoms with Gasteiger partial charge in [-0.25, -0.2) is 13.8 Å². The van der Waals surface area contributed by atoms with Crippen LogP contribution in [0, 0.1) is 23.5 Å². The first kappa shape index (κ1) is 29.8. The third kappa shape index (κ3) is 5.37. The fourth-order valence-electron chi connectivity index (χ4n) is 7.32. The van der Waals surface area contributed by atoms with Crippen LogP contribution in [0.4, 0.5) is 14.6 Å². The van der Waals surface area contributed by atoms with E-state index in [9.17, 15) is 0 Å². The van der Waals surface area contributed by atoms with Crippen molar-refractivity contribution in [1.29, 1.82) is 0 Å². The van der Waals surface area contributed by atoms with Crippen LogP contribution in [0.5, 0.6) is 6.01 Å². The van der Waals surface area contributed by atoms with E-state index >= 15 is 8.78 Å². The van der Waals surface area contributed by atoms with Crippen LogP contribution in [0.25, 0.3) is 32.9 Å². The summed E-state index contributed by atoms with van der Waals surface area (Å²) in [5, 5.41) is 5.59. The number of aromatic nitrogens is 3. The topological polar surface area (TPSA) is 75.6 Å². The van der Waals surface area contributed by atoms with Crippen molar-refractivity contribution >= 4 is 27.5 Å². The molecule has 4 aromatic rings. The highest BCUT2D eigenvalue weighted by molar-refractivity contribution is 6.02. The van der Waals surface area contributed by atoms with Crippen LogP contribution in [-0.4, -0.2) is 84.5 Å².